The standard InChI is InChI=1S/C23H44N2O5S/c26-16-14-12-10-8-6-4-2-1-3-5-7-9-11-13-15-24-23(31)25-18-17-30-22(25)21(29)20(28)19(18)27/h18-22,26-29H,1-17H2,(H,24,31)/t18-,19-,20+,21-,22+/m1/s1. The maximum atomic E-state index is 10.1. The van der Waals surface area contributed by atoms with E-state index in [1.807, 2.05) is 0 Å². The number of unbranched alkanes of at least 4 members (excludes halogenated alkanes) is 13. The van der Waals surface area contributed by atoms with Crippen molar-refractivity contribution < 1.29 is 25.2 Å². The highest BCUT2D eigenvalue weighted by molar-refractivity contribution is 7.80. The molecule has 0 aromatic carbocycles. The van der Waals surface area contributed by atoms with Gasteiger partial charge in [-0.15, -0.1) is 0 Å². The lowest BCUT2D eigenvalue weighted by Gasteiger charge is -2.42. The molecule has 0 spiro atoms. The van der Waals surface area contributed by atoms with Gasteiger partial charge in [0.05, 0.1) is 12.6 Å². The van der Waals surface area contributed by atoms with Crippen LogP contribution in [0.4, 0.5) is 0 Å². The predicted octanol–water partition coefficient (Wildman–Crippen LogP) is 2.44. The van der Waals surface area contributed by atoms with E-state index in [1.54, 1.807) is 4.90 Å². The minimum absolute atomic E-state index is 0.256. The number of nitrogens with one attached hydrogen (secondary N) is 1. The summed E-state index contributed by atoms with van der Waals surface area (Å²) in [6.07, 6.45) is 13.3. The average Bonchev–Trinajstić information content (AvgIpc) is 3.18. The van der Waals surface area contributed by atoms with Crippen LogP contribution in [0.1, 0.15) is 89.9 Å². The normalized spacial score (nSPS) is 27.6. The molecule has 2 saturated heterocycles. The van der Waals surface area contributed by atoms with Crippen LogP contribution in [-0.2, 0) is 4.74 Å². The number of aliphatic hydroxyl groups excluding tert-OH is 4. The Bertz CT molecular complexity index is 481. The van der Waals surface area contributed by atoms with E-state index in [0.29, 0.717) is 11.7 Å². The predicted molar refractivity (Wildman–Crippen MR) is 126 cm³/mol. The number of piperidine rings is 1. The molecule has 7 nitrogen and oxygen atoms in total. The number of rotatable bonds is 16. The molecule has 2 fully saturated rings. The van der Waals surface area contributed by atoms with Gasteiger partial charge in [0.25, 0.3) is 0 Å². The summed E-state index contributed by atoms with van der Waals surface area (Å²) >= 11 is 5.44. The van der Waals surface area contributed by atoms with Crippen LogP contribution in [0.15, 0.2) is 0 Å². The molecule has 5 atom stereocenters. The van der Waals surface area contributed by atoms with E-state index in [4.69, 9.17) is 22.1 Å². The zero-order chi connectivity index (χ0) is 22.5. The van der Waals surface area contributed by atoms with Gasteiger partial charge in [0.1, 0.15) is 18.3 Å². The lowest BCUT2D eigenvalue weighted by Crippen LogP contribution is -2.65. The monoisotopic (exact) mass is 460 g/mol. The maximum Gasteiger partial charge on any atom is 0.171 e. The Hall–Kier alpha value is -0.510. The van der Waals surface area contributed by atoms with Gasteiger partial charge < -0.3 is 35.4 Å². The third-order valence-corrected chi connectivity index (χ3v) is 6.91. The van der Waals surface area contributed by atoms with E-state index in [0.717, 1.165) is 25.8 Å². The fourth-order valence-corrected chi connectivity index (χ4v) is 4.92. The number of hydrogen-bond acceptors (Lipinski definition) is 6. The van der Waals surface area contributed by atoms with E-state index < -0.39 is 30.6 Å². The van der Waals surface area contributed by atoms with Crippen LogP contribution in [-0.4, -0.2) is 80.8 Å². The highest BCUT2D eigenvalue weighted by atomic mass is 32.1. The van der Waals surface area contributed by atoms with Gasteiger partial charge in [-0.3, -0.25) is 0 Å². The molecule has 2 rings (SSSR count). The Kier molecular flexibility index (Phi) is 13.2. The Labute approximate surface area is 193 Å². The first-order valence-electron chi connectivity index (χ1n) is 12.4. The third kappa shape index (κ3) is 8.74. The highest BCUT2D eigenvalue weighted by Gasteiger charge is 2.53. The molecule has 5 N–H and O–H groups in total. The SMILES string of the molecule is OCCCCCCCCCCCCCCCCNC(=S)N1[C@@H]2CO[C@H]1[C@H](O)[C@@H](O)[C@@H]2O. The third-order valence-electron chi connectivity index (χ3n) is 6.55. The van der Waals surface area contributed by atoms with Crippen molar-refractivity contribution in [3.05, 3.63) is 0 Å². The molecule has 0 saturated carbocycles. The number of fused-ring (bicyclic) bond motifs is 2. The van der Waals surface area contributed by atoms with Crippen molar-refractivity contribution >= 4 is 17.3 Å². The summed E-state index contributed by atoms with van der Waals surface area (Å²) in [5.41, 5.74) is 0. The van der Waals surface area contributed by atoms with Crippen LogP contribution in [0, 0.1) is 0 Å². The molecule has 2 aliphatic rings. The second-order valence-corrected chi connectivity index (χ2v) is 9.46. The lowest BCUT2D eigenvalue weighted by molar-refractivity contribution is -0.154. The average molecular weight is 461 g/mol. The van der Waals surface area contributed by atoms with Crippen molar-refractivity contribution in [1.82, 2.24) is 10.2 Å². The van der Waals surface area contributed by atoms with Crippen molar-refractivity contribution in [3.8, 4) is 0 Å². The van der Waals surface area contributed by atoms with E-state index in [-0.39, 0.29) is 6.61 Å². The first-order chi connectivity index (χ1) is 15.1. The Balaban J connectivity index is 1.40. The summed E-state index contributed by atoms with van der Waals surface area (Å²) < 4.78 is 5.52. The van der Waals surface area contributed by atoms with Crippen LogP contribution in [0.25, 0.3) is 0 Å². The quantitative estimate of drug-likeness (QED) is 0.177. The van der Waals surface area contributed by atoms with Crippen molar-refractivity contribution in [1.29, 1.82) is 0 Å². The molecule has 0 aromatic heterocycles. The molecule has 31 heavy (non-hydrogen) atoms. The van der Waals surface area contributed by atoms with E-state index in [2.05, 4.69) is 5.32 Å². The Morgan fingerprint density at radius 1 is 0.742 bits per heavy atom. The van der Waals surface area contributed by atoms with Crippen molar-refractivity contribution in [2.45, 2.75) is 120 Å². The van der Waals surface area contributed by atoms with Gasteiger partial charge in [-0.25, -0.2) is 0 Å². The summed E-state index contributed by atoms with van der Waals surface area (Å²) in [5.74, 6) is 0. The van der Waals surface area contributed by atoms with E-state index >= 15 is 0 Å². The minimum Gasteiger partial charge on any atom is -0.396 e. The summed E-state index contributed by atoms with van der Waals surface area (Å²) in [6, 6.07) is -0.408. The number of aliphatic hydroxyl groups is 4. The summed E-state index contributed by atoms with van der Waals surface area (Å²) in [4.78, 5) is 1.70. The second kappa shape index (κ2) is 15.3. The second-order valence-electron chi connectivity index (χ2n) is 9.08. The molecule has 8 heteroatoms. The topological polar surface area (TPSA) is 105 Å². The van der Waals surface area contributed by atoms with E-state index in [1.165, 1.54) is 70.6 Å². The van der Waals surface area contributed by atoms with Crippen LogP contribution in [0.3, 0.4) is 0 Å². The van der Waals surface area contributed by atoms with Gasteiger partial charge in [0.15, 0.2) is 11.3 Å². The smallest absolute Gasteiger partial charge is 0.171 e. The van der Waals surface area contributed by atoms with Gasteiger partial charge in [0.2, 0.25) is 0 Å². The molecule has 0 amide bonds. The van der Waals surface area contributed by atoms with E-state index in [9.17, 15) is 15.3 Å². The van der Waals surface area contributed by atoms with Gasteiger partial charge in [-0.05, 0) is 25.1 Å². The molecular formula is C23H44N2O5S. The molecule has 0 unspecified atom stereocenters. The molecule has 2 heterocycles. The molecule has 2 bridgehead atoms. The van der Waals surface area contributed by atoms with Crippen LogP contribution in [0.5, 0.6) is 0 Å². The van der Waals surface area contributed by atoms with Gasteiger partial charge in [-0.2, -0.15) is 0 Å². The van der Waals surface area contributed by atoms with Crippen LogP contribution >= 0.6 is 12.2 Å². The molecule has 0 aromatic rings. The molecule has 2 aliphatic heterocycles. The highest BCUT2D eigenvalue weighted by Crippen LogP contribution is 2.31. The first kappa shape index (κ1) is 26.7. The zero-order valence-electron chi connectivity index (χ0n) is 19.0. The Morgan fingerprint density at radius 3 is 1.74 bits per heavy atom. The van der Waals surface area contributed by atoms with Gasteiger partial charge in [0, 0.05) is 13.2 Å². The van der Waals surface area contributed by atoms with Crippen molar-refractivity contribution in [2.24, 2.45) is 0 Å². The summed E-state index contributed by atoms with van der Waals surface area (Å²) in [6.45, 7) is 1.36. The fraction of sp³-hybridized carbons (Fsp3) is 0.957. The largest absolute Gasteiger partial charge is 0.396 e. The summed E-state index contributed by atoms with van der Waals surface area (Å²) in [7, 11) is 0. The number of nitrogens with zero attached hydrogens (tertiary/aromatic N) is 1. The molecule has 0 aliphatic carbocycles. The van der Waals surface area contributed by atoms with Crippen molar-refractivity contribution in [2.75, 3.05) is 19.8 Å². The molecule has 182 valence electrons. The minimum atomic E-state index is -1.20. The maximum absolute atomic E-state index is 10.1. The van der Waals surface area contributed by atoms with Crippen LogP contribution in [0.2, 0.25) is 0 Å². The van der Waals surface area contributed by atoms with Gasteiger partial charge >= 0.3 is 0 Å². The summed E-state index contributed by atoms with van der Waals surface area (Å²) in [5, 5.41) is 42.6. The lowest BCUT2D eigenvalue weighted by atomic mass is 9.95. The number of thiocarbonyl (C=S) groups is 1. The fourth-order valence-electron chi connectivity index (χ4n) is 4.58. The van der Waals surface area contributed by atoms with Crippen molar-refractivity contribution in [3.63, 3.8) is 0 Å². The molecule has 0 radical (unpaired) electrons. The zero-order valence-corrected chi connectivity index (χ0v) is 19.8. The molecular weight excluding hydrogens is 416 g/mol. The Morgan fingerprint density at radius 2 is 1.23 bits per heavy atom. The first-order valence-corrected chi connectivity index (χ1v) is 12.8. The van der Waals surface area contributed by atoms with Gasteiger partial charge in [-0.1, -0.05) is 77.0 Å². The number of hydrogen-bond donors (Lipinski definition) is 5. The van der Waals surface area contributed by atoms with Crippen LogP contribution < -0.4 is 5.32 Å². The number of ether oxygens (including phenoxy) is 1.